The second-order valence-electron chi connectivity index (χ2n) is 5.80. The molecule has 152 valence electrons. The molecule has 3 aromatic rings. The van der Waals surface area contributed by atoms with Crippen LogP contribution in [0.1, 0.15) is 11.4 Å². The summed E-state index contributed by atoms with van der Waals surface area (Å²) in [5.74, 6) is 5.15. The van der Waals surface area contributed by atoms with E-state index < -0.39 is 0 Å². The molecule has 0 spiro atoms. The largest absolute Gasteiger partial charge is 0.493 e. The van der Waals surface area contributed by atoms with Gasteiger partial charge < -0.3 is 20.1 Å². The van der Waals surface area contributed by atoms with Crippen LogP contribution in [0.2, 0.25) is 0 Å². The topological polar surface area (TPSA) is 85.1 Å². The quantitative estimate of drug-likeness (QED) is 0.221. The van der Waals surface area contributed by atoms with E-state index in [2.05, 4.69) is 31.7 Å². The summed E-state index contributed by atoms with van der Waals surface area (Å²) in [5.41, 5.74) is 1.81. The average molecular weight is 506 g/mol. The van der Waals surface area contributed by atoms with Gasteiger partial charge in [-0.2, -0.15) is 0 Å². The molecule has 2 aromatic heterocycles. The molecule has 29 heavy (non-hydrogen) atoms. The van der Waals surface area contributed by atoms with E-state index in [1.807, 2.05) is 47.0 Å². The number of ether oxygens (including phenoxy) is 2. The third kappa shape index (κ3) is 5.74. The number of aromatic nitrogens is 3. The highest BCUT2D eigenvalue weighted by atomic mass is 127. The maximum atomic E-state index is 5.54. The fourth-order valence-electron chi connectivity index (χ4n) is 2.64. The predicted molar refractivity (Wildman–Crippen MR) is 123 cm³/mol. The Labute approximate surface area is 186 Å². The van der Waals surface area contributed by atoms with Gasteiger partial charge in [-0.3, -0.25) is 9.39 Å². The Kier molecular flexibility index (Phi) is 8.54. The van der Waals surface area contributed by atoms with Gasteiger partial charge in [0.1, 0.15) is 6.61 Å². The summed E-state index contributed by atoms with van der Waals surface area (Å²) in [7, 11) is 3.31. The van der Waals surface area contributed by atoms with Crippen molar-refractivity contribution in [1.82, 2.24) is 25.2 Å². The van der Waals surface area contributed by atoms with Crippen molar-refractivity contribution in [2.45, 2.75) is 13.1 Å². The van der Waals surface area contributed by atoms with Crippen LogP contribution < -0.4 is 20.1 Å². The number of hydrogen-bond donors (Lipinski definition) is 2. The standard InChI is InChI=1S/C20H22N6O2.HI/c1-4-11-28-17-12-15(8-9-16(17)27-3)13-22-20(21-2)23-14-19-25-24-18-7-5-6-10-26(18)19;/h1,5-10,12H,11,13-14H2,2-3H3,(H2,21,22,23);1H. The molecule has 0 radical (unpaired) electrons. The first-order valence-corrected chi connectivity index (χ1v) is 8.71. The Morgan fingerprint density at radius 3 is 2.76 bits per heavy atom. The molecule has 9 heteroatoms. The minimum atomic E-state index is 0. The van der Waals surface area contributed by atoms with Crippen molar-refractivity contribution in [1.29, 1.82) is 0 Å². The molecule has 1 aromatic carbocycles. The number of fused-ring (bicyclic) bond motifs is 1. The Bertz CT molecular complexity index is 1010. The number of nitrogens with one attached hydrogen (secondary N) is 2. The minimum absolute atomic E-state index is 0. The molecule has 0 amide bonds. The van der Waals surface area contributed by atoms with E-state index in [0.717, 1.165) is 17.0 Å². The molecule has 0 aliphatic heterocycles. The number of halogens is 1. The van der Waals surface area contributed by atoms with Crippen LogP contribution in [0, 0.1) is 12.3 Å². The number of pyridine rings is 1. The molecule has 0 unspecified atom stereocenters. The highest BCUT2D eigenvalue weighted by molar-refractivity contribution is 14.0. The summed E-state index contributed by atoms with van der Waals surface area (Å²) < 4.78 is 12.8. The lowest BCUT2D eigenvalue weighted by Crippen LogP contribution is -2.36. The van der Waals surface area contributed by atoms with Crippen molar-refractivity contribution in [2.24, 2.45) is 4.99 Å². The van der Waals surface area contributed by atoms with Crippen LogP contribution in [-0.2, 0) is 13.1 Å². The molecule has 0 bridgehead atoms. The zero-order chi connectivity index (χ0) is 19.8. The van der Waals surface area contributed by atoms with E-state index in [1.54, 1.807) is 14.2 Å². The second kappa shape index (κ2) is 11.1. The summed E-state index contributed by atoms with van der Waals surface area (Å²) in [6.45, 7) is 1.23. The summed E-state index contributed by atoms with van der Waals surface area (Å²) >= 11 is 0. The van der Waals surface area contributed by atoms with Gasteiger partial charge in [0.05, 0.1) is 13.7 Å². The van der Waals surface area contributed by atoms with Crippen LogP contribution in [0.4, 0.5) is 0 Å². The first-order chi connectivity index (χ1) is 13.7. The maximum Gasteiger partial charge on any atom is 0.191 e. The first kappa shape index (κ1) is 22.3. The third-order valence-electron chi connectivity index (χ3n) is 4.02. The van der Waals surface area contributed by atoms with Gasteiger partial charge in [0, 0.05) is 19.8 Å². The fourth-order valence-corrected chi connectivity index (χ4v) is 2.64. The monoisotopic (exact) mass is 506 g/mol. The Morgan fingerprint density at radius 2 is 2.00 bits per heavy atom. The summed E-state index contributed by atoms with van der Waals surface area (Å²) in [6, 6.07) is 11.5. The number of hydrogen-bond acceptors (Lipinski definition) is 5. The molecule has 3 rings (SSSR count). The van der Waals surface area contributed by atoms with Crippen LogP contribution in [0.3, 0.4) is 0 Å². The highest BCUT2D eigenvalue weighted by Crippen LogP contribution is 2.27. The van der Waals surface area contributed by atoms with Crippen LogP contribution in [-0.4, -0.2) is 41.3 Å². The van der Waals surface area contributed by atoms with Gasteiger partial charge >= 0.3 is 0 Å². The van der Waals surface area contributed by atoms with E-state index >= 15 is 0 Å². The number of terminal acetylenes is 1. The average Bonchev–Trinajstić information content (AvgIpc) is 3.15. The van der Waals surface area contributed by atoms with Crippen LogP contribution in [0.15, 0.2) is 47.6 Å². The molecule has 0 aliphatic carbocycles. The van der Waals surface area contributed by atoms with Crippen molar-refractivity contribution < 1.29 is 9.47 Å². The molecule has 0 saturated carbocycles. The van der Waals surface area contributed by atoms with Gasteiger partial charge in [0.25, 0.3) is 0 Å². The lowest BCUT2D eigenvalue weighted by atomic mass is 10.2. The molecule has 2 heterocycles. The minimum Gasteiger partial charge on any atom is -0.493 e. The third-order valence-corrected chi connectivity index (χ3v) is 4.02. The Hall–Kier alpha value is -3.00. The molecule has 8 nitrogen and oxygen atoms in total. The van der Waals surface area contributed by atoms with Crippen molar-refractivity contribution in [3.63, 3.8) is 0 Å². The first-order valence-electron chi connectivity index (χ1n) is 8.71. The molecule has 0 saturated heterocycles. The molecule has 0 fully saturated rings. The van der Waals surface area contributed by atoms with Crippen LogP contribution in [0.5, 0.6) is 11.5 Å². The molecule has 0 atom stereocenters. The number of rotatable bonds is 7. The van der Waals surface area contributed by atoms with Gasteiger partial charge in [-0.05, 0) is 29.8 Å². The SMILES string of the molecule is C#CCOc1cc(CNC(=NC)NCc2nnc3ccccn23)ccc1OC.I. The van der Waals surface area contributed by atoms with E-state index in [1.165, 1.54) is 0 Å². The van der Waals surface area contributed by atoms with Crippen molar-refractivity contribution in [2.75, 3.05) is 20.8 Å². The number of aliphatic imine (C=N–C) groups is 1. The summed E-state index contributed by atoms with van der Waals surface area (Å²) in [5, 5.41) is 14.8. The number of benzene rings is 1. The van der Waals surface area contributed by atoms with E-state index in [-0.39, 0.29) is 30.6 Å². The lowest BCUT2D eigenvalue weighted by Gasteiger charge is -2.13. The van der Waals surface area contributed by atoms with Gasteiger partial charge in [0.2, 0.25) is 0 Å². The van der Waals surface area contributed by atoms with Crippen molar-refractivity contribution in [3.05, 3.63) is 54.0 Å². The number of methoxy groups -OCH3 is 1. The highest BCUT2D eigenvalue weighted by Gasteiger charge is 2.08. The van der Waals surface area contributed by atoms with Crippen LogP contribution in [0.25, 0.3) is 5.65 Å². The van der Waals surface area contributed by atoms with E-state index in [9.17, 15) is 0 Å². The maximum absolute atomic E-state index is 5.54. The Morgan fingerprint density at radius 1 is 1.17 bits per heavy atom. The van der Waals surface area contributed by atoms with Gasteiger partial charge in [-0.1, -0.05) is 18.1 Å². The van der Waals surface area contributed by atoms with Crippen LogP contribution >= 0.6 is 24.0 Å². The lowest BCUT2D eigenvalue weighted by molar-refractivity contribution is 0.330. The summed E-state index contributed by atoms with van der Waals surface area (Å²) in [4.78, 5) is 4.24. The smallest absolute Gasteiger partial charge is 0.191 e. The predicted octanol–water partition coefficient (Wildman–Crippen LogP) is 2.23. The molecule has 2 N–H and O–H groups in total. The van der Waals surface area contributed by atoms with Gasteiger partial charge in [0.15, 0.2) is 28.9 Å². The number of nitrogens with zero attached hydrogens (tertiary/aromatic N) is 4. The fraction of sp³-hybridized carbons (Fsp3) is 0.250. The van der Waals surface area contributed by atoms with Crippen molar-refractivity contribution >= 4 is 35.6 Å². The molecule has 0 aliphatic rings. The Balaban J connectivity index is 0.00000300. The number of guanidine groups is 1. The normalized spacial score (nSPS) is 10.7. The zero-order valence-electron chi connectivity index (χ0n) is 16.3. The zero-order valence-corrected chi connectivity index (χ0v) is 18.6. The summed E-state index contributed by atoms with van der Waals surface area (Å²) in [6.07, 6.45) is 7.20. The second-order valence-corrected chi connectivity index (χ2v) is 5.80. The van der Waals surface area contributed by atoms with Gasteiger partial charge in [-0.25, -0.2) is 0 Å². The van der Waals surface area contributed by atoms with E-state index in [4.69, 9.17) is 15.9 Å². The molecular formula is C20H23IN6O2. The molecular weight excluding hydrogens is 483 g/mol. The van der Waals surface area contributed by atoms with Gasteiger partial charge in [-0.15, -0.1) is 40.6 Å². The van der Waals surface area contributed by atoms with E-state index in [0.29, 0.717) is 30.5 Å². The van der Waals surface area contributed by atoms with Crippen molar-refractivity contribution in [3.8, 4) is 23.8 Å².